The van der Waals surface area contributed by atoms with E-state index in [1.807, 2.05) is 0 Å². The molecule has 0 spiro atoms. The molecule has 6 nitrogen and oxygen atoms in total. The van der Waals surface area contributed by atoms with Gasteiger partial charge in [0.05, 0.1) is 0 Å². The van der Waals surface area contributed by atoms with Crippen molar-refractivity contribution >= 4 is 22.4 Å². The predicted molar refractivity (Wildman–Crippen MR) is 102 cm³/mol. The summed E-state index contributed by atoms with van der Waals surface area (Å²) in [4.78, 5) is 14.5. The summed E-state index contributed by atoms with van der Waals surface area (Å²) in [5.74, 6) is 0.317. The SMILES string of the molecule is CC[C@H](C)NC(=O)C1CCN(c2nnc(-n3c(C)ccc3C)s2)CC1. The van der Waals surface area contributed by atoms with E-state index in [2.05, 4.69) is 64.8 Å². The van der Waals surface area contributed by atoms with Gasteiger partial charge in [-0.25, -0.2) is 0 Å². The summed E-state index contributed by atoms with van der Waals surface area (Å²) in [5, 5.41) is 13.7. The van der Waals surface area contributed by atoms with Gasteiger partial charge in [-0.15, -0.1) is 10.2 Å². The average Bonchev–Trinajstić information content (AvgIpc) is 3.21. The highest BCUT2D eigenvalue weighted by atomic mass is 32.1. The fourth-order valence-corrected chi connectivity index (χ4v) is 4.21. The van der Waals surface area contributed by atoms with Crippen LogP contribution in [0.3, 0.4) is 0 Å². The average molecular weight is 362 g/mol. The van der Waals surface area contributed by atoms with E-state index >= 15 is 0 Å². The van der Waals surface area contributed by atoms with Crippen LogP contribution in [0.4, 0.5) is 5.13 Å². The number of anilines is 1. The molecule has 1 atom stereocenters. The van der Waals surface area contributed by atoms with Crippen molar-refractivity contribution in [1.82, 2.24) is 20.1 Å². The smallest absolute Gasteiger partial charge is 0.223 e. The van der Waals surface area contributed by atoms with Crippen LogP contribution in [-0.4, -0.2) is 39.8 Å². The fourth-order valence-electron chi connectivity index (χ4n) is 3.19. The van der Waals surface area contributed by atoms with Gasteiger partial charge in [0.15, 0.2) is 0 Å². The molecular weight excluding hydrogens is 334 g/mol. The Labute approximate surface area is 153 Å². The van der Waals surface area contributed by atoms with E-state index in [4.69, 9.17) is 0 Å². The molecule has 2 aromatic rings. The van der Waals surface area contributed by atoms with Gasteiger partial charge in [-0.3, -0.25) is 9.36 Å². The third-order valence-electron chi connectivity index (χ3n) is 5.00. The van der Waals surface area contributed by atoms with Crippen molar-refractivity contribution in [1.29, 1.82) is 0 Å². The minimum atomic E-state index is 0.117. The van der Waals surface area contributed by atoms with Crippen LogP contribution in [0.5, 0.6) is 0 Å². The summed E-state index contributed by atoms with van der Waals surface area (Å²) in [7, 11) is 0. The number of aryl methyl sites for hydroxylation is 2. The minimum absolute atomic E-state index is 0.117. The molecular formula is C18H27N5OS. The molecule has 0 saturated carbocycles. The summed E-state index contributed by atoms with van der Waals surface area (Å²) in [6.07, 6.45) is 2.72. The molecule has 0 bridgehead atoms. The summed E-state index contributed by atoms with van der Waals surface area (Å²) in [6.45, 7) is 10.0. The number of carbonyl (C=O) groups excluding carboxylic acids is 1. The Morgan fingerprint density at radius 3 is 2.44 bits per heavy atom. The van der Waals surface area contributed by atoms with E-state index in [1.54, 1.807) is 11.3 Å². The van der Waals surface area contributed by atoms with Crippen molar-refractivity contribution < 1.29 is 4.79 Å². The van der Waals surface area contributed by atoms with Gasteiger partial charge in [-0.2, -0.15) is 0 Å². The molecule has 1 amide bonds. The van der Waals surface area contributed by atoms with Crippen LogP contribution in [0.2, 0.25) is 0 Å². The van der Waals surface area contributed by atoms with E-state index in [0.29, 0.717) is 0 Å². The maximum absolute atomic E-state index is 12.3. The highest BCUT2D eigenvalue weighted by molar-refractivity contribution is 7.17. The Hall–Kier alpha value is -1.89. The molecule has 136 valence electrons. The van der Waals surface area contributed by atoms with Gasteiger partial charge in [0.25, 0.3) is 0 Å². The van der Waals surface area contributed by atoms with Crippen molar-refractivity contribution in [3.8, 4) is 5.13 Å². The number of hydrogen-bond acceptors (Lipinski definition) is 5. The first-order valence-electron chi connectivity index (χ1n) is 9.03. The summed E-state index contributed by atoms with van der Waals surface area (Å²) < 4.78 is 2.13. The van der Waals surface area contributed by atoms with Crippen LogP contribution < -0.4 is 10.2 Å². The number of nitrogens with zero attached hydrogens (tertiary/aromatic N) is 4. The molecule has 3 heterocycles. The van der Waals surface area contributed by atoms with E-state index in [0.717, 1.165) is 42.6 Å². The zero-order valence-corrected chi connectivity index (χ0v) is 16.3. The number of amides is 1. The normalized spacial score (nSPS) is 16.9. The van der Waals surface area contributed by atoms with Crippen LogP contribution in [0, 0.1) is 19.8 Å². The van der Waals surface area contributed by atoms with Gasteiger partial charge in [-0.05, 0) is 52.2 Å². The first-order chi connectivity index (χ1) is 12.0. The standard InChI is InChI=1S/C18H27N5OS/c1-5-12(2)19-16(24)15-8-10-22(11-9-15)17-20-21-18(25-17)23-13(3)6-7-14(23)4/h6-7,12,15H,5,8-11H2,1-4H3,(H,19,24)/t12-/m0/s1. The van der Waals surface area contributed by atoms with Crippen LogP contribution in [0.25, 0.3) is 5.13 Å². The molecule has 0 aliphatic carbocycles. The minimum Gasteiger partial charge on any atom is -0.353 e. The molecule has 7 heteroatoms. The molecule has 1 saturated heterocycles. The number of rotatable bonds is 5. The van der Waals surface area contributed by atoms with Crippen molar-refractivity contribution in [3.05, 3.63) is 23.5 Å². The van der Waals surface area contributed by atoms with Gasteiger partial charge < -0.3 is 10.2 Å². The van der Waals surface area contributed by atoms with Gasteiger partial charge in [0, 0.05) is 36.4 Å². The van der Waals surface area contributed by atoms with Gasteiger partial charge >= 0.3 is 0 Å². The third kappa shape index (κ3) is 3.86. The van der Waals surface area contributed by atoms with Crippen molar-refractivity contribution in [2.75, 3.05) is 18.0 Å². The van der Waals surface area contributed by atoms with Gasteiger partial charge in [0.1, 0.15) is 0 Å². The summed E-state index contributed by atoms with van der Waals surface area (Å²) >= 11 is 1.62. The predicted octanol–water partition coefficient (Wildman–Crippen LogP) is 3.08. The van der Waals surface area contributed by atoms with Crippen LogP contribution in [-0.2, 0) is 4.79 Å². The number of aromatic nitrogens is 3. The molecule has 3 rings (SSSR count). The van der Waals surface area contributed by atoms with Crippen LogP contribution in [0.1, 0.15) is 44.5 Å². The first-order valence-corrected chi connectivity index (χ1v) is 9.85. The van der Waals surface area contributed by atoms with Gasteiger partial charge in [0.2, 0.25) is 16.2 Å². The molecule has 0 aromatic carbocycles. The maximum atomic E-state index is 12.3. The molecule has 1 aliphatic heterocycles. The summed E-state index contributed by atoms with van der Waals surface area (Å²) in [5.41, 5.74) is 2.33. The Kier molecular flexibility index (Phi) is 5.42. The third-order valence-corrected chi connectivity index (χ3v) is 5.97. The highest BCUT2D eigenvalue weighted by Crippen LogP contribution is 2.29. The molecule has 1 aliphatic rings. The van der Waals surface area contributed by atoms with E-state index in [9.17, 15) is 4.79 Å². The lowest BCUT2D eigenvalue weighted by Gasteiger charge is -2.31. The second-order valence-corrected chi connectivity index (χ2v) is 7.83. The molecule has 0 radical (unpaired) electrons. The van der Waals surface area contributed by atoms with E-state index < -0.39 is 0 Å². The Bertz CT molecular complexity index is 710. The molecule has 1 N–H and O–H groups in total. The largest absolute Gasteiger partial charge is 0.353 e. The molecule has 0 unspecified atom stereocenters. The van der Waals surface area contributed by atoms with E-state index in [-0.39, 0.29) is 17.9 Å². The van der Waals surface area contributed by atoms with Crippen molar-refractivity contribution in [2.24, 2.45) is 5.92 Å². The lowest BCUT2D eigenvalue weighted by molar-refractivity contribution is -0.126. The zero-order valence-electron chi connectivity index (χ0n) is 15.5. The van der Waals surface area contributed by atoms with Crippen molar-refractivity contribution in [2.45, 2.75) is 53.0 Å². The molecule has 2 aromatic heterocycles. The number of piperidine rings is 1. The lowest BCUT2D eigenvalue weighted by Crippen LogP contribution is -2.43. The fraction of sp³-hybridized carbons (Fsp3) is 0.611. The first kappa shape index (κ1) is 17.9. The van der Waals surface area contributed by atoms with Gasteiger partial charge in [-0.1, -0.05) is 18.3 Å². The monoisotopic (exact) mass is 361 g/mol. The molecule has 25 heavy (non-hydrogen) atoms. The van der Waals surface area contributed by atoms with Crippen LogP contribution >= 0.6 is 11.3 Å². The van der Waals surface area contributed by atoms with Crippen LogP contribution in [0.15, 0.2) is 12.1 Å². The second kappa shape index (κ2) is 7.56. The second-order valence-electron chi connectivity index (χ2n) is 6.90. The number of hydrogen-bond donors (Lipinski definition) is 1. The quantitative estimate of drug-likeness (QED) is 0.889. The zero-order chi connectivity index (χ0) is 18.0. The van der Waals surface area contributed by atoms with E-state index in [1.165, 1.54) is 11.4 Å². The Balaban J connectivity index is 1.62. The summed E-state index contributed by atoms with van der Waals surface area (Å²) in [6, 6.07) is 4.44. The Morgan fingerprint density at radius 1 is 1.24 bits per heavy atom. The Morgan fingerprint density at radius 2 is 1.84 bits per heavy atom. The number of carbonyl (C=O) groups is 1. The maximum Gasteiger partial charge on any atom is 0.223 e. The highest BCUT2D eigenvalue weighted by Gasteiger charge is 2.27. The molecule has 1 fully saturated rings. The lowest BCUT2D eigenvalue weighted by atomic mass is 9.96. The topological polar surface area (TPSA) is 63.1 Å². The van der Waals surface area contributed by atoms with Crippen molar-refractivity contribution in [3.63, 3.8) is 0 Å². The number of nitrogens with one attached hydrogen (secondary N) is 1.